The Kier molecular flexibility index (Phi) is 3.62. The molecule has 1 aliphatic heterocycles. The van der Waals surface area contributed by atoms with Crippen molar-refractivity contribution in [2.45, 2.75) is 0 Å². The van der Waals surface area contributed by atoms with Crippen molar-refractivity contribution in [2.75, 3.05) is 32.8 Å². The quantitative estimate of drug-likeness (QED) is 0.841. The van der Waals surface area contributed by atoms with Crippen LogP contribution in [0.4, 0.5) is 0 Å². The van der Waals surface area contributed by atoms with Gasteiger partial charge >= 0.3 is 0 Å². The van der Waals surface area contributed by atoms with E-state index in [-0.39, 0.29) is 11.8 Å². The number of rotatable bonds is 2. The van der Waals surface area contributed by atoms with Gasteiger partial charge in [-0.3, -0.25) is 9.59 Å². The van der Waals surface area contributed by atoms with Crippen LogP contribution in [0.5, 0.6) is 0 Å². The molecule has 0 spiro atoms. The molecule has 1 fully saturated rings. The molecule has 0 saturated carbocycles. The van der Waals surface area contributed by atoms with Crippen LogP contribution in [0, 0.1) is 0 Å². The van der Waals surface area contributed by atoms with E-state index < -0.39 is 6.61 Å². The molecule has 1 aliphatic rings. The Balaban J connectivity index is 1.75. The molecule has 0 aliphatic carbocycles. The molecule has 2 amide bonds. The van der Waals surface area contributed by atoms with Crippen LogP contribution in [-0.2, 0) is 4.79 Å². The lowest BCUT2D eigenvalue weighted by molar-refractivity contribution is -0.135. The standard InChI is InChI=1S/C15H17N3O3/c19-10-13(20)17-6-8-18(9-7-17)15(21)12-3-1-2-11-4-5-16-14(11)12/h1-5,16,19H,6-10H2. The van der Waals surface area contributed by atoms with Gasteiger partial charge in [0.1, 0.15) is 6.61 Å². The van der Waals surface area contributed by atoms with Crippen molar-refractivity contribution in [3.05, 3.63) is 36.0 Å². The Labute approximate surface area is 122 Å². The van der Waals surface area contributed by atoms with Gasteiger partial charge in [-0.15, -0.1) is 0 Å². The summed E-state index contributed by atoms with van der Waals surface area (Å²) >= 11 is 0. The van der Waals surface area contributed by atoms with Gasteiger partial charge < -0.3 is 19.9 Å². The molecule has 0 radical (unpaired) electrons. The number of nitrogens with zero attached hydrogens (tertiary/aromatic N) is 2. The van der Waals surface area contributed by atoms with E-state index in [0.717, 1.165) is 10.9 Å². The smallest absolute Gasteiger partial charge is 0.256 e. The van der Waals surface area contributed by atoms with Crippen LogP contribution in [0.15, 0.2) is 30.5 Å². The van der Waals surface area contributed by atoms with Crippen LogP contribution >= 0.6 is 0 Å². The lowest BCUT2D eigenvalue weighted by Crippen LogP contribution is -2.51. The number of fused-ring (bicyclic) bond motifs is 1. The Morgan fingerprint density at radius 2 is 1.81 bits per heavy atom. The van der Waals surface area contributed by atoms with Gasteiger partial charge in [0, 0.05) is 37.8 Å². The average molecular weight is 287 g/mol. The molecule has 1 saturated heterocycles. The summed E-state index contributed by atoms with van der Waals surface area (Å²) in [5, 5.41) is 9.87. The maximum Gasteiger partial charge on any atom is 0.256 e. The third-order valence-electron chi connectivity index (χ3n) is 3.87. The van der Waals surface area contributed by atoms with E-state index in [2.05, 4.69) is 4.98 Å². The first-order chi connectivity index (χ1) is 10.2. The van der Waals surface area contributed by atoms with Crippen LogP contribution in [0.2, 0.25) is 0 Å². The Bertz CT molecular complexity index is 672. The zero-order valence-electron chi connectivity index (χ0n) is 11.6. The number of benzene rings is 1. The average Bonchev–Trinajstić information content (AvgIpc) is 3.02. The highest BCUT2D eigenvalue weighted by atomic mass is 16.3. The predicted molar refractivity (Wildman–Crippen MR) is 77.9 cm³/mol. The molecule has 0 bridgehead atoms. The van der Waals surface area contributed by atoms with Crippen LogP contribution < -0.4 is 0 Å². The molecule has 110 valence electrons. The van der Waals surface area contributed by atoms with E-state index in [1.54, 1.807) is 9.80 Å². The normalized spacial score (nSPS) is 15.5. The first kappa shape index (κ1) is 13.6. The molecule has 6 heteroatoms. The Morgan fingerprint density at radius 1 is 1.10 bits per heavy atom. The summed E-state index contributed by atoms with van der Waals surface area (Å²) in [4.78, 5) is 30.5. The van der Waals surface area contributed by atoms with Crippen molar-refractivity contribution >= 4 is 22.7 Å². The number of nitrogens with one attached hydrogen (secondary N) is 1. The summed E-state index contributed by atoms with van der Waals surface area (Å²) in [6, 6.07) is 7.58. The van der Waals surface area contributed by atoms with Gasteiger partial charge in [-0.05, 0) is 12.1 Å². The highest BCUT2D eigenvalue weighted by Gasteiger charge is 2.25. The maximum atomic E-state index is 12.6. The zero-order chi connectivity index (χ0) is 14.8. The lowest BCUT2D eigenvalue weighted by Gasteiger charge is -2.34. The van der Waals surface area contributed by atoms with Gasteiger partial charge in [0.2, 0.25) is 5.91 Å². The van der Waals surface area contributed by atoms with Gasteiger partial charge in [-0.25, -0.2) is 0 Å². The minimum Gasteiger partial charge on any atom is -0.387 e. The second-order valence-corrected chi connectivity index (χ2v) is 5.08. The van der Waals surface area contributed by atoms with Gasteiger partial charge in [0.05, 0.1) is 11.1 Å². The largest absolute Gasteiger partial charge is 0.387 e. The van der Waals surface area contributed by atoms with E-state index in [9.17, 15) is 9.59 Å². The molecular weight excluding hydrogens is 270 g/mol. The van der Waals surface area contributed by atoms with Crippen molar-refractivity contribution in [1.29, 1.82) is 0 Å². The molecule has 0 unspecified atom stereocenters. The molecule has 2 aromatic rings. The summed E-state index contributed by atoms with van der Waals surface area (Å²) in [5.41, 5.74) is 1.50. The first-order valence-corrected chi connectivity index (χ1v) is 6.94. The van der Waals surface area contributed by atoms with E-state index in [4.69, 9.17) is 5.11 Å². The topological polar surface area (TPSA) is 76.6 Å². The van der Waals surface area contributed by atoms with Crippen LogP contribution in [0.25, 0.3) is 10.9 Å². The highest BCUT2D eigenvalue weighted by molar-refractivity contribution is 6.05. The van der Waals surface area contributed by atoms with Crippen LogP contribution in [-0.4, -0.2) is 64.5 Å². The SMILES string of the molecule is O=C(CO)N1CCN(C(=O)c2cccc3cc[nH]c23)CC1. The number of carbonyl (C=O) groups is 2. The molecule has 21 heavy (non-hydrogen) atoms. The first-order valence-electron chi connectivity index (χ1n) is 6.94. The van der Waals surface area contributed by atoms with Crippen molar-refractivity contribution in [2.24, 2.45) is 0 Å². The third kappa shape index (κ3) is 2.50. The van der Waals surface area contributed by atoms with E-state index in [0.29, 0.717) is 31.7 Å². The second kappa shape index (κ2) is 5.57. The van der Waals surface area contributed by atoms with Crippen LogP contribution in [0.3, 0.4) is 0 Å². The molecule has 1 aromatic heterocycles. The van der Waals surface area contributed by atoms with E-state index >= 15 is 0 Å². The fourth-order valence-electron chi connectivity index (χ4n) is 2.69. The number of aromatic amines is 1. The Hall–Kier alpha value is -2.34. The van der Waals surface area contributed by atoms with Gasteiger partial charge in [0.25, 0.3) is 5.91 Å². The number of H-pyrrole nitrogens is 1. The number of carbonyl (C=O) groups excluding carboxylic acids is 2. The number of aromatic nitrogens is 1. The summed E-state index contributed by atoms with van der Waals surface area (Å²) in [5.74, 6) is -0.312. The van der Waals surface area contributed by atoms with E-state index in [1.165, 1.54) is 0 Å². The predicted octanol–water partition coefficient (Wildman–Crippen LogP) is 0.445. The van der Waals surface area contributed by atoms with Crippen molar-refractivity contribution in [3.8, 4) is 0 Å². The number of amides is 2. The summed E-state index contributed by atoms with van der Waals surface area (Å²) in [6.07, 6.45) is 1.82. The highest BCUT2D eigenvalue weighted by Crippen LogP contribution is 2.19. The molecule has 3 rings (SSSR count). The number of hydrogen-bond acceptors (Lipinski definition) is 3. The number of aliphatic hydroxyl groups excluding tert-OH is 1. The monoisotopic (exact) mass is 287 g/mol. The fourth-order valence-corrected chi connectivity index (χ4v) is 2.69. The number of aliphatic hydroxyl groups is 1. The molecule has 6 nitrogen and oxygen atoms in total. The molecule has 1 aromatic carbocycles. The second-order valence-electron chi connectivity index (χ2n) is 5.08. The maximum absolute atomic E-state index is 12.6. The minimum absolute atomic E-state index is 0.0286. The molecule has 2 N–H and O–H groups in total. The van der Waals surface area contributed by atoms with Crippen LogP contribution in [0.1, 0.15) is 10.4 Å². The fraction of sp³-hybridized carbons (Fsp3) is 0.333. The molecule has 2 heterocycles. The van der Waals surface area contributed by atoms with Crippen molar-refractivity contribution in [3.63, 3.8) is 0 Å². The van der Waals surface area contributed by atoms with Crippen molar-refractivity contribution in [1.82, 2.24) is 14.8 Å². The lowest BCUT2D eigenvalue weighted by atomic mass is 10.1. The van der Waals surface area contributed by atoms with Gasteiger partial charge in [-0.2, -0.15) is 0 Å². The summed E-state index contributed by atoms with van der Waals surface area (Å²) in [6.45, 7) is 1.43. The number of para-hydroxylation sites is 1. The summed E-state index contributed by atoms with van der Waals surface area (Å²) in [7, 11) is 0. The Morgan fingerprint density at radius 3 is 2.52 bits per heavy atom. The zero-order valence-corrected chi connectivity index (χ0v) is 11.6. The van der Waals surface area contributed by atoms with Gasteiger partial charge in [0.15, 0.2) is 0 Å². The van der Waals surface area contributed by atoms with Crippen molar-refractivity contribution < 1.29 is 14.7 Å². The third-order valence-corrected chi connectivity index (χ3v) is 3.87. The van der Waals surface area contributed by atoms with E-state index in [1.807, 2.05) is 30.5 Å². The number of hydrogen-bond donors (Lipinski definition) is 2. The van der Waals surface area contributed by atoms with Gasteiger partial charge in [-0.1, -0.05) is 12.1 Å². The molecule has 0 atom stereocenters. The summed E-state index contributed by atoms with van der Waals surface area (Å²) < 4.78 is 0. The minimum atomic E-state index is -0.476. The number of piperazine rings is 1. The molecular formula is C15H17N3O3.